The summed E-state index contributed by atoms with van der Waals surface area (Å²) < 4.78 is 26.0. The zero-order valence-corrected chi connectivity index (χ0v) is 11.2. The molecule has 1 heterocycles. The third-order valence-corrected chi connectivity index (χ3v) is 5.57. The van der Waals surface area contributed by atoms with E-state index in [0.717, 1.165) is 38.9 Å². The standard InChI is InChI=1S/C11H23N3O2S/c12-4-7-13-5-1-6-14(9-8-13)17(15,16)10-11-2-3-11/h11H,1-10,12H2. The van der Waals surface area contributed by atoms with Crippen molar-refractivity contribution in [1.82, 2.24) is 9.21 Å². The van der Waals surface area contributed by atoms with Crippen molar-refractivity contribution >= 4 is 10.0 Å². The Bertz CT molecular complexity index is 341. The van der Waals surface area contributed by atoms with E-state index in [0.29, 0.717) is 31.3 Å². The first kappa shape index (κ1) is 13.3. The summed E-state index contributed by atoms with van der Waals surface area (Å²) in [6, 6.07) is 0. The fourth-order valence-corrected chi connectivity index (χ4v) is 4.23. The molecule has 1 saturated carbocycles. The Kier molecular flexibility index (Phi) is 4.41. The predicted octanol–water partition coefficient (Wildman–Crippen LogP) is -0.307. The van der Waals surface area contributed by atoms with Crippen molar-refractivity contribution in [2.45, 2.75) is 19.3 Å². The van der Waals surface area contributed by atoms with Gasteiger partial charge in [0, 0.05) is 32.7 Å². The molecule has 1 saturated heterocycles. The molecule has 2 fully saturated rings. The predicted molar refractivity (Wildman–Crippen MR) is 68.2 cm³/mol. The van der Waals surface area contributed by atoms with Crippen molar-refractivity contribution in [1.29, 1.82) is 0 Å². The molecule has 0 unspecified atom stereocenters. The minimum Gasteiger partial charge on any atom is -0.329 e. The average molecular weight is 261 g/mol. The summed E-state index contributed by atoms with van der Waals surface area (Å²) >= 11 is 0. The smallest absolute Gasteiger partial charge is 0.214 e. The van der Waals surface area contributed by atoms with Gasteiger partial charge in [-0.1, -0.05) is 0 Å². The van der Waals surface area contributed by atoms with E-state index < -0.39 is 10.0 Å². The highest BCUT2D eigenvalue weighted by molar-refractivity contribution is 7.89. The largest absolute Gasteiger partial charge is 0.329 e. The molecule has 0 bridgehead atoms. The maximum Gasteiger partial charge on any atom is 0.214 e. The lowest BCUT2D eigenvalue weighted by Crippen LogP contribution is -2.37. The maximum absolute atomic E-state index is 12.1. The van der Waals surface area contributed by atoms with Crippen molar-refractivity contribution in [3.8, 4) is 0 Å². The molecule has 0 radical (unpaired) electrons. The van der Waals surface area contributed by atoms with Crippen molar-refractivity contribution in [3.05, 3.63) is 0 Å². The lowest BCUT2D eigenvalue weighted by atomic mass is 10.4. The molecule has 2 N–H and O–H groups in total. The molecule has 0 amide bonds. The van der Waals surface area contributed by atoms with Crippen LogP contribution in [0.4, 0.5) is 0 Å². The highest BCUT2D eigenvalue weighted by atomic mass is 32.2. The molecule has 1 aliphatic heterocycles. The first-order chi connectivity index (χ1) is 8.12. The van der Waals surface area contributed by atoms with Crippen LogP contribution in [0.5, 0.6) is 0 Å². The molecule has 5 nitrogen and oxygen atoms in total. The summed E-state index contributed by atoms with van der Waals surface area (Å²) in [6.45, 7) is 4.62. The zero-order valence-electron chi connectivity index (χ0n) is 10.3. The Balaban J connectivity index is 1.88. The summed E-state index contributed by atoms with van der Waals surface area (Å²) in [7, 11) is -3.01. The summed E-state index contributed by atoms with van der Waals surface area (Å²) in [6.07, 6.45) is 3.10. The van der Waals surface area contributed by atoms with Crippen LogP contribution in [0.15, 0.2) is 0 Å². The van der Waals surface area contributed by atoms with E-state index in [1.807, 2.05) is 0 Å². The first-order valence-electron chi connectivity index (χ1n) is 6.52. The van der Waals surface area contributed by atoms with Crippen LogP contribution in [-0.4, -0.2) is 62.6 Å². The molecule has 0 aromatic heterocycles. The number of hydrogen-bond donors (Lipinski definition) is 1. The Morgan fingerprint density at radius 3 is 2.53 bits per heavy atom. The second kappa shape index (κ2) is 5.65. The average Bonchev–Trinajstić information content (AvgIpc) is 3.05. The van der Waals surface area contributed by atoms with E-state index in [-0.39, 0.29) is 0 Å². The van der Waals surface area contributed by atoms with Crippen molar-refractivity contribution in [3.63, 3.8) is 0 Å². The Morgan fingerprint density at radius 2 is 1.88 bits per heavy atom. The molecule has 0 aromatic rings. The monoisotopic (exact) mass is 261 g/mol. The van der Waals surface area contributed by atoms with Crippen LogP contribution in [0, 0.1) is 5.92 Å². The van der Waals surface area contributed by atoms with Crippen molar-refractivity contribution < 1.29 is 8.42 Å². The van der Waals surface area contributed by atoms with Crippen LogP contribution in [0.3, 0.4) is 0 Å². The highest BCUT2D eigenvalue weighted by Gasteiger charge is 2.32. The molecule has 2 rings (SSSR count). The van der Waals surface area contributed by atoms with E-state index >= 15 is 0 Å². The van der Waals surface area contributed by atoms with Crippen LogP contribution < -0.4 is 5.73 Å². The van der Waals surface area contributed by atoms with Gasteiger partial charge in [-0.05, 0) is 31.7 Å². The van der Waals surface area contributed by atoms with E-state index in [9.17, 15) is 8.42 Å². The van der Waals surface area contributed by atoms with E-state index in [2.05, 4.69) is 4.90 Å². The van der Waals surface area contributed by atoms with Crippen LogP contribution in [0.1, 0.15) is 19.3 Å². The van der Waals surface area contributed by atoms with Gasteiger partial charge in [0.25, 0.3) is 0 Å². The Morgan fingerprint density at radius 1 is 1.12 bits per heavy atom. The van der Waals surface area contributed by atoms with Gasteiger partial charge >= 0.3 is 0 Å². The van der Waals surface area contributed by atoms with E-state index in [1.54, 1.807) is 4.31 Å². The fraction of sp³-hybridized carbons (Fsp3) is 1.00. The van der Waals surface area contributed by atoms with Gasteiger partial charge < -0.3 is 10.6 Å². The lowest BCUT2D eigenvalue weighted by molar-refractivity contribution is 0.294. The van der Waals surface area contributed by atoms with Gasteiger partial charge in [0.1, 0.15) is 0 Å². The lowest BCUT2D eigenvalue weighted by Gasteiger charge is -2.21. The van der Waals surface area contributed by atoms with Crippen LogP contribution in [0.2, 0.25) is 0 Å². The molecular formula is C11H23N3O2S. The summed E-state index contributed by atoms with van der Waals surface area (Å²) in [5.74, 6) is 0.799. The molecule has 100 valence electrons. The van der Waals surface area contributed by atoms with Gasteiger partial charge in [-0.3, -0.25) is 0 Å². The third kappa shape index (κ3) is 3.91. The summed E-state index contributed by atoms with van der Waals surface area (Å²) in [4.78, 5) is 2.26. The molecular weight excluding hydrogens is 238 g/mol. The van der Waals surface area contributed by atoms with Gasteiger partial charge in [0.15, 0.2) is 0 Å². The number of nitrogens with two attached hydrogens (primary N) is 1. The number of hydrogen-bond acceptors (Lipinski definition) is 4. The normalized spacial score (nSPS) is 24.8. The van der Waals surface area contributed by atoms with Gasteiger partial charge in [0.2, 0.25) is 10.0 Å². The van der Waals surface area contributed by atoms with Gasteiger partial charge in [0.05, 0.1) is 5.75 Å². The molecule has 2 aliphatic rings. The van der Waals surface area contributed by atoms with E-state index in [1.165, 1.54) is 0 Å². The van der Waals surface area contributed by atoms with Crippen LogP contribution in [0.25, 0.3) is 0 Å². The SMILES string of the molecule is NCCN1CCCN(S(=O)(=O)CC2CC2)CC1. The number of sulfonamides is 1. The van der Waals surface area contributed by atoms with E-state index in [4.69, 9.17) is 5.73 Å². The number of nitrogens with zero attached hydrogens (tertiary/aromatic N) is 2. The van der Waals surface area contributed by atoms with Crippen molar-refractivity contribution in [2.24, 2.45) is 11.7 Å². The van der Waals surface area contributed by atoms with Gasteiger partial charge in [-0.15, -0.1) is 0 Å². The summed E-state index contributed by atoms with van der Waals surface area (Å²) in [5.41, 5.74) is 5.53. The second-order valence-electron chi connectivity index (χ2n) is 5.10. The molecule has 0 spiro atoms. The molecule has 1 aliphatic carbocycles. The molecule has 17 heavy (non-hydrogen) atoms. The minimum absolute atomic E-state index is 0.365. The second-order valence-corrected chi connectivity index (χ2v) is 7.12. The molecule has 6 heteroatoms. The van der Waals surface area contributed by atoms with Crippen LogP contribution in [-0.2, 0) is 10.0 Å². The highest BCUT2D eigenvalue weighted by Crippen LogP contribution is 2.31. The first-order valence-corrected chi connectivity index (χ1v) is 8.13. The minimum atomic E-state index is -3.01. The van der Waals surface area contributed by atoms with Crippen molar-refractivity contribution in [2.75, 3.05) is 45.0 Å². The topological polar surface area (TPSA) is 66.6 Å². The van der Waals surface area contributed by atoms with Crippen LogP contribution >= 0.6 is 0 Å². The zero-order chi connectivity index (χ0) is 12.3. The maximum atomic E-state index is 12.1. The van der Waals surface area contributed by atoms with Gasteiger partial charge in [-0.25, -0.2) is 12.7 Å². The van der Waals surface area contributed by atoms with Gasteiger partial charge in [-0.2, -0.15) is 0 Å². The molecule has 0 atom stereocenters. The Hall–Kier alpha value is -0.170. The third-order valence-electron chi connectivity index (χ3n) is 3.53. The fourth-order valence-electron chi connectivity index (χ4n) is 2.32. The Labute approximate surface area is 104 Å². The summed E-state index contributed by atoms with van der Waals surface area (Å²) in [5, 5.41) is 0. The molecule has 0 aromatic carbocycles. The quantitative estimate of drug-likeness (QED) is 0.737. The number of rotatable bonds is 5.